The molecule has 0 spiro atoms. The molecule has 0 bridgehead atoms. The molecule has 0 aliphatic rings. The molecule has 2 aromatic heterocycles. The number of methoxy groups -OCH3 is 1. The Bertz CT molecular complexity index is 1280. The highest BCUT2D eigenvalue weighted by Gasteiger charge is 2.18. The molecular formula is C22H21N5O3. The van der Waals surface area contributed by atoms with E-state index in [1.165, 1.54) is 10.9 Å². The lowest BCUT2D eigenvalue weighted by atomic mass is 10.0. The molecule has 2 heterocycles. The van der Waals surface area contributed by atoms with Crippen LogP contribution in [-0.2, 0) is 11.3 Å². The molecule has 0 saturated heterocycles. The zero-order valence-corrected chi connectivity index (χ0v) is 16.7. The average Bonchev–Trinajstić information content (AvgIpc) is 3.13. The number of aromatic amines is 1. The average molecular weight is 403 g/mol. The van der Waals surface area contributed by atoms with Crippen molar-refractivity contribution in [3.8, 4) is 16.9 Å². The number of rotatable bonds is 6. The van der Waals surface area contributed by atoms with E-state index in [1.807, 2.05) is 37.3 Å². The van der Waals surface area contributed by atoms with Crippen molar-refractivity contribution in [3.05, 3.63) is 70.9 Å². The summed E-state index contributed by atoms with van der Waals surface area (Å²) in [5, 5.41) is 10.5. The van der Waals surface area contributed by atoms with Gasteiger partial charge in [-0.1, -0.05) is 30.3 Å². The van der Waals surface area contributed by atoms with Crippen LogP contribution in [0.3, 0.4) is 0 Å². The molecule has 1 amide bonds. The molecule has 0 radical (unpaired) electrons. The van der Waals surface area contributed by atoms with Gasteiger partial charge in [-0.05, 0) is 25.1 Å². The molecule has 2 aromatic carbocycles. The minimum absolute atomic E-state index is 0.108. The molecule has 8 heteroatoms. The van der Waals surface area contributed by atoms with Crippen molar-refractivity contribution >= 4 is 22.6 Å². The van der Waals surface area contributed by atoms with Gasteiger partial charge in [-0.3, -0.25) is 19.3 Å². The number of nitrogens with one attached hydrogen (secondary N) is 2. The summed E-state index contributed by atoms with van der Waals surface area (Å²) in [6.07, 6.45) is 1.58. The first-order chi connectivity index (χ1) is 14.6. The van der Waals surface area contributed by atoms with Gasteiger partial charge in [0.25, 0.3) is 5.56 Å². The maximum Gasteiger partial charge on any atom is 0.261 e. The first kappa shape index (κ1) is 19.4. The zero-order valence-electron chi connectivity index (χ0n) is 16.7. The van der Waals surface area contributed by atoms with E-state index >= 15 is 0 Å². The fraction of sp³-hybridized carbons (Fsp3) is 0.182. The molecule has 0 saturated carbocycles. The topological polar surface area (TPSA) is 102 Å². The van der Waals surface area contributed by atoms with E-state index in [1.54, 1.807) is 25.3 Å². The van der Waals surface area contributed by atoms with Gasteiger partial charge in [0.1, 0.15) is 5.75 Å². The van der Waals surface area contributed by atoms with Gasteiger partial charge in [0.2, 0.25) is 5.91 Å². The van der Waals surface area contributed by atoms with Crippen LogP contribution in [0.2, 0.25) is 0 Å². The summed E-state index contributed by atoms with van der Waals surface area (Å²) >= 11 is 0. The summed E-state index contributed by atoms with van der Waals surface area (Å²) < 4.78 is 6.88. The predicted octanol–water partition coefficient (Wildman–Crippen LogP) is 3.13. The Hall–Kier alpha value is -3.94. The highest BCUT2D eigenvalue weighted by Crippen LogP contribution is 2.36. The normalized spacial score (nSPS) is 10.9. The van der Waals surface area contributed by atoms with Gasteiger partial charge < -0.3 is 10.1 Å². The number of carbonyl (C=O) groups is 1. The van der Waals surface area contributed by atoms with E-state index in [0.29, 0.717) is 22.5 Å². The number of hydrogen-bond donors (Lipinski definition) is 2. The third kappa shape index (κ3) is 3.67. The van der Waals surface area contributed by atoms with Crippen LogP contribution in [0, 0.1) is 6.92 Å². The summed E-state index contributed by atoms with van der Waals surface area (Å²) in [7, 11) is 1.60. The second-order valence-corrected chi connectivity index (χ2v) is 6.83. The molecular weight excluding hydrogens is 382 g/mol. The van der Waals surface area contributed by atoms with Crippen molar-refractivity contribution < 1.29 is 9.53 Å². The monoisotopic (exact) mass is 403 g/mol. The van der Waals surface area contributed by atoms with Crippen LogP contribution in [0.25, 0.3) is 22.0 Å². The first-order valence-corrected chi connectivity index (χ1v) is 9.51. The Labute approximate surface area is 172 Å². The minimum atomic E-state index is -0.252. The fourth-order valence-corrected chi connectivity index (χ4v) is 3.38. The van der Waals surface area contributed by atoms with E-state index < -0.39 is 0 Å². The highest BCUT2D eigenvalue weighted by molar-refractivity contribution is 5.95. The largest absolute Gasteiger partial charge is 0.496 e. The van der Waals surface area contributed by atoms with E-state index in [4.69, 9.17) is 4.74 Å². The van der Waals surface area contributed by atoms with Gasteiger partial charge in [-0.15, -0.1) is 0 Å². The quantitative estimate of drug-likeness (QED) is 0.515. The maximum absolute atomic E-state index is 12.6. The smallest absolute Gasteiger partial charge is 0.261 e. The Balaban J connectivity index is 1.52. The second kappa shape index (κ2) is 8.20. The summed E-state index contributed by atoms with van der Waals surface area (Å²) in [5.74, 6) is 0.856. The summed E-state index contributed by atoms with van der Waals surface area (Å²) in [6.45, 7) is 2.10. The summed E-state index contributed by atoms with van der Waals surface area (Å²) in [4.78, 5) is 29.4. The van der Waals surface area contributed by atoms with Crippen molar-refractivity contribution in [3.63, 3.8) is 0 Å². The van der Waals surface area contributed by atoms with Crippen LogP contribution >= 0.6 is 0 Å². The Morgan fingerprint density at radius 3 is 2.77 bits per heavy atom. The molecule has 4 rings (SSSR count). The van der Waals surface area contributed by atoms with Crippen LogP contribution in [0.4, 0.5) is 5.82 Å². The molecule has 2 N–H and O–H groups in total. The van der Waals surface area contributed by atoms with E-state index in [2.05, 4.69) is 20.5 Å². The third-order valence-electron chi connectivity index (χ3n) is 4.89. The van der Waals surface area contributed by atoms with E-state index in [0.717, 1.165) is 16.8 Å². The number of amides is 1. The van der Waals surface area contributed by atoms with Crippen LogP contribution in [0.5, 0.6) is 5.75 Å². The van der Waals surface area contributed by atoms with Crippen molar-refractivity contribution in [2.45, 2.75) is 19.9 Å². The molecule has 0 unspecified atom stereocenters. The number of aromatic nitrogens is 4. The second-order valence-electron chi connectivity index (χ2n) is 6.83. The number of carbonyl (C=O) groups excluding carboxylic acids is 1. The van der Waals surface area contributed by atoms with Crippen LogP contribution in [-0.4, -0.2) is 32.8 Å². The molecule has 152 valence electrons. The summed E-state index contributed by atoms with van der Waals surface area (Å²) in [6, 6.07) is 14.7. The molecule has 4 aromatic rings. The third-order valence-corrected chi connectivity index (χ3v) is 4.89. The fourth-order valence-electron chi connectivity index (χ4n) is 3.38. The van der Waals surface area contributed by atoms with Crippen molar-refractivity contribution in [2.24, 2.45) is 0 Å². The Morgan fingerprint density at radius 1 is 1.17 bits per heavy atom. The van der Waals surface area contributed by atoms with Crippen molar-refractivity contribution in [2.75, 3.05) is 12.4 Å². The zero-order chi connectivity index (χ0) is 21.1. The number of ether oxygens (including phenoxy) is 1. The lowest BCUT2D eigenvalue weighted by Gasteiger charge is -2.11. The van der Waals surface area contributed by atoms with Gasteiger partial charge in [-0.2, -0.15) is 5.10 Å². The van der Waals surface area contributed by atoms with Crippen molar-refractivity contribution in [1.82, 2.24) is 19.7 Å². The SMILES string of the molecule is COc1ccccc1-c1c(NC(=O)CCn2cnc3ccccc3c2=O)n[nH]c1C. The molecule has 8 nitrogen and oxygen atoms in total. The molecule has 30 heavy (non-hydrogen) atoms. The first-order valence-electron chi connectivity index (χ1n) is 9.51. The Kier molecular flexibility index (Phi) is 5.30. The Morgan fingerprint density at radius 2 is 1.93 bits per heavy atom. The highest BCUT2D eigenvalue weighted by atomic mass is 16.5. The van der Waals surface area contributed by atoms with Gasteiger partial charge in [0.05, 0.1) is 29.9 Å². The van der Waals surface area contributed by atoms with E-state index in [-0.39, 0.29) is 24.4 Å². The van der Waals surface area contributed by atoms with Crippen LogP contribution < -0.4 is 15.6 Å². The minimum Gasteiger partial charge on any atom is -0.496 e. The van der Waals surface area contributed by atoms with Gasteiger partial charge in [0.15, 0.2) is 5.82 Å². The number of aryl methyl sites for hydroxylation is 2. The number of H-pyrrole nitrogens is 1. The van der Waals surface area contributed by atoms with Crippen LogP contribution in [0.1, 0.15) is 12.1 Å². The van der Waals surface area contributed by atoms with Crippen molar-refractivity contribution in [1.29, 1.82) is 0 Å². The number of fused-ring (bicyclic) bond motifs is 1. The number of anilines is 1. The lowest BCUT2D eigenvalue weighted by Crippen LogP contribution is -2.23. The lowest BCUT2D eigenvalue weighted by molar-refractivity contribution is -0.116. The molecule has 0 atom stereocenters. The molecule has 0 aliphatic heterocycles. The number of benzene rings is 2. The maximum atomic E-state index is 12.6. The van der Waals surface area contributed by atoms with Gasteiger partial charge in [0, 0.05) is 24.2 Å². The summed E-state index contributed by atoms with van der Waals surface area (Å²) in [5.41, 5.74) is 2.88. The molecule has 0 aliphatic carbocycles. The number of nitrogens with zero attached hydrogens (tertiary/aromatic N) is 3. The molecule has 0 fully saturated rings. The van der Waals surface area contributed by atoms with E-state index in [9.17, 15) is 9.59 Å². The van der Waals surface area contributed by atoms with Gasteiger partial charge in [-0.25, -0.2) is 4.98 Å². The standard InChI is InChI=1S/C22H21N5O3/c1-14-20(16-8-4-6-10-18(16)30-2)21(26-25-14)24-19(28)11-12-27-13-23-17-9-5-3-7-15(17)22(27)29/h3-10,13H,11-12H2,1-2H3,(H2,24,25,26,28). The number of para-hydroxylation sites is 2. The van der Waals surface area contributed by atoms with Gasteiger partial charge >= 0.3 is 0 Å². The predicted molar refractivity (Wildman–Crippen MR) is 115 cm³/mol. The number of hydrogen-bond acceptors (Lipinski definition) is 5. The van der Waals surface area contributed by atoms with Crippen LogP contribution in [0.15, 0.2) is 59.7 Å².